The Bertz CT molecular complexity index is 687. The maximum Gasteiger partial charge on any atom is 0.457 e. The molecule has 0 aliphatic heterocycles. The lowest BCUT2D eigenvalue weighted by Crippen LogP contribution is -2.55. The Hall–Kier alpha value is -1.68. The molecule has 0 aliphatic rings. The second-order valence-corrected chi connectivity index (χ2v) is 5.78. The van der Waals surface area contributed by atoms with Gasteiger partial charge in [0.1, 0.15) is 0 Å². The van der Waals surface area contributed by atoms with Gasteiger partial charge >= 0.3 is 18.3 Å². The Labute approximate surface area is 134 Å². The van der Waals surface area contributed by atoms with Crippen LogP contribution in [0.5, 0.6) is 0 Å². The molecule has 1 unspecified atom stereocenters. The number of aliphatic hydroxyl groups is 1. The van der Waals surface area contributed by atoms with E-state index in [0.29, 0.717) is 35.6 Å². The van der Waals surface area contributed by atoms with Crippen LogP contribution in [0.25, 0.3) is 0 Å². The van der Waals surface area contributed by atoms with Gasteiger partial charge in [0.15, 0.2) is 5.60 Å². The van der Waals surface area contributed by atoms with E-state index in [2.05, 4.69) is 0 Å². The molecule has 0 spiro atoms. The lowest BCUT2D eigenvalue weighted by molar-refractivity contribution is -0.335. The van der Waals surface area contributed by atoms with Crippen LogP contribution in [0.2, 0.25) is 0 Å². The molecule has 0 saturated heterocycles. The highest BCUT2D eigenvalue weighted by molar-refractivity contribution is 7.10. The fourth-order valence-corrected chi connectivity index (χ4v) is 2.95. The van der Waals surface area contributed by atoms with Gasteiger partial charge in [0.05, 0.1) is 5.56 Å². The van der Waals surface area contributed by atoms with Crippen LogP contribution in [0, 0.1) is 0 Å². The molecule has 0 fully saturated rings. The summed E-state index contributed by atoms with van der Waals surface area (Å²) in [6.07, 6.45) is -10.9. The summed E-state index contributed by atoms with van der Waals surface area (Å²) in [4.78, 5) is -0.746. The standard InChI is InChI=1S/C14H8F8OS/c15-12(16,17)9-5-3-8(4-6-9)11(23,10-2-1-7-24-10)13(18,19)14(20,21)22/h1-7,23H. The van der Waals surface area contributed by atoms with Crippen molar-refractivity contribution >= 4 is 11.3 Å². The third-order valence-corrected chi connectivity index (χ3v) is 4.30. The molecule has 24 heavy (non-hydrogen) atoms. The molecule has 132 valence electrons. The zero-order chi connectivity index (χ0) is 18.4. The van der Waals surface area contributed by atoms with Crippen molar-refractivity contribution < 1.29 is 40.2 Å². The fourth-order valence-electron chi connectivity index (χ4n) is 2.07. The second-order valence-electron chi connectivity index (χ2n) is 4.83. The summed E-state index contributed by atoms with van der Waals surface area (Å²) in [6.45, 7) is 0. The minimum Gasteiger partial charge on any atom is -0.374 e. The highest BCUT2D eigenvalue weighted by Gasteiger charge is 2.71. The van der Waals surface area contributed by atoms with Crippen molar-refractivity contribution in [1.29, 1.82) is 0 Å². The molecule has 0 radical (unpaired) electrons. The summed E-state index contributed by atoms with van der Waals surface area (Å²) in [7, 11) is 0. The van der Waals surface area contributed by atoms with Crippen molar-refractivity contribution in [2.24, 2.45) is 0 Å². The minimum atomic E-state index is -6.12. The third kappa shape index (κ3) is 2.88. The third-order valence-electron chi connectivity index (χ3n) is 3.32. The van der Waals surface area contributed by atoms with Gasteiger partial charge in [0.25, 0.3) is 0 Å². The van der Waals surface area contributed by atoms with E-state index < -0.39 is 39.9 Å². The summed E-state index contributed by atoms with van der Waals surface area (Å²) in [5.74, 6) is -5.62. The topological polar surface area (TPSA) is 20.2 Å². The molecule has 1 aromatic carbocycles. The van der Waals surface area contributed by atoms with E-state index in [-0.39, 0.29) is 0 Å². The van der Waals surface area contributed by atoms with E-state index >= 15 is 0 Å². The Balaban J connectivity index is 2.65. The average molecular weight is 376 g/mol. The van der Waals surface area contributed by atoms with Crippen LogP contribution in [0.3, 0.4) is 0 Å². The van der Waals surface area contributed by atoms with E-state index in [1.807, 2.05) is 0 Å². The van der Waals surface area contributed by atoms with Gasteiger partial charge < -0.3 is 5.11 Å². The van der Waals surface area contributed by atoms with E-state index in [1.165, 1.54) is 0 Å². The van der Waals surface area contributed by atoms with E-state index in [4.69, 9.17) is 0 Å². The minimum absolute atomic E-state index is 0.334. The molecule has 2 aromatic rings. The van der Waals surface area contributed by atoms with Crippen molar-refractivity contribution in [3.8, 4) is 0 Å². The van der Waals surface area contributed by atoms with Gasteiger partial charge in [-0.15, -0.1) is 11.3 Å². The first-order chi connectivity index (χ1) is 10.8. The van der Waals surface area contributed by atoms with Crippen molar-refractivity contribution in [3.05, 3.63) is 57.8 Å². The number of benzene rings is 1. The molecule has 1 heterocycles. The van der Waals surface area contributed by atoms with Crippen LogP contribution in [-0.4, -0.2) is 17.2 Å². The first-order valence-electron chi connectivity index (χ1n) is 6.20. The molecule has 0 amide bonds. The normalized spacial score (nSPS) is 16.0. The van der Waals surface area contributed by atoms with Gasteiger partial charge in [-0.1, -0.05) is 18.2 Å². The first-order valence-corrected chi connectivity index (χ1v) is 7.08. The summed E-state index contributed by atoms with van der Waals surface area (Å²) in [6, 6.07) is 3.47. The van der Waals surface area contributed by atoms with Crippen LogP contribution < -0.4 is 0 Å². The molecule has 0 saturated carbocycles. The van der Waals surface area contributed by atoms with Gasteiger partial charge in [-0.05, 0) is 29.1 Å². The molecule has 1 atom stereocenters. The molecular weight excluding hydrogens is 368 g/mol. The Morgan fingerprint density at radius 2 is 1.25 bits per heavy atom. The number of alkyl halides is 8. The summed E-state index contributed by atoms with van der Waals surface area (Å²) < 4.78 is 104. The molecule has 1 aromatic heterocycles. The number of hydrogen-bond acceptors (Lipinski definition) is 2. The smallest absolute Gasteiger partial charge is 0.374 e. The second kappa shape index (κ2) is 5.69. The maximum absolute atomic E-state index is 14.0. The number of thiophene rings is 1. The summed E-state index contributed by atoms with van der Waals surface area (Å²) in [5, 5.41) is 11.4. The van der Waals surface area contributed by atoms with Gasteiger partial charge in [-0.25, -0.2) is 0 Å². The molecule has 1 nitrogen and oxygen atoms in total. The van der Waals surface area contributed by atoms with Gasteiger partial charge in [0.2, 0.25) is 0 Å². The highest BCUT2D eigenvalue weighted by atomic mass is 32.1. The average Bonchev–Trinajstić information content (AvgIpc) is 2.98. The molecular formula is C14H8F8OS. The molecule has 10 heteroatoms. The Morgan fingerprint density at radius 3 is 1.62 bits per heavy atom. The van der Waals surface area contributed by atoms with Crippen LogP contribution in [0.15, 0.2) is 41.8 Å². The molecule has 1 N–H and O–H groups in total. The van der Waals surface area contributed by atoms with Crippen LogP contribution in [-0.2, 0) is 11.8 Å². The summed E-state index contributed by atoms with van der Waals surface area (Å²) >= 11 is 0.425. The zero-order valence-electron chi connectivity index (χ0n) is 11.4. The highest BCUT2D eigenvalue weighted by Crippen LogP contribution is 2.52. The SMILES string of the molecule is OC(c1ccc(C(F)(F)F)cc1)(c1cccs1)C(F)(F)C(F)(F)F. The predicted octanol–water partition coefficient (Wildman–Crippen LogP) is 5.20. The number of hydrogen-bond donors (Lipinski definition) is 1. The lowest BCUT2D eigenvalue weighted by Gasteiger charge is -2.36. The largest absolute Gasteiger partial charge is 0.457 e. The van der Waals surface area contributed by atoms with Gasteiger partial charge in [-0.2, -0.15) is 35.1 Å². The van der Waals surface area contributed by atoms with E-state index in [0.717, 1.165) is 17.5 Å². The lowest BCUT2D eigenvalue weighted by atomic mass is 9.84. The number of rotatable bonds is 3. The maximum atomic E-state index is 14.0. The monoisotopic (exact) mass is 376 g/mol. The Kier molecular flexibility index (Phi) is 4.43. The van der Waals surface area contributed by atoms with Crippen LogP contribution >= 0.6 is 11.3 Å². The van der Waals surface area contributed by atoms with Gasteiger partial charge in [0, 0.05) is 4.88 Å². The first kappa shape index (κ1) is 18.7. The van der Waals surface area contributed by atoms with Crippen molar-refractivity contribution in [3.63, 3.8) is 0 Å². The molecule has 0 bridgehead atoms. The quantitative estimate of drug-likeness (QED) is 0.730. The van der Waals surface area contributed by atoms with Crippen molar-refractivity contribution in [1.82, 2.24) is 0 Å². The molecule has 0 aliphatic carbocycles. The zero-order valence-corrected chi connectivity index (χ0v) is 12.2. The van der Waals surface area contributed by atoms with Crippen molar-refractivity contribution in [2.75, 3.05) is 0 Å². The predicted molar refractivity (Wildman–Crippen MR) is 69.8 cm³/mol. The van der Waals surface area contributed by atoms with E-state index in [1.54, 1.807) is 0 Å². The van der Waals surface area contributed by atoms with Gasteiger partial charge in [-0.3, -0.25) is 0 Å². The summed E-state index contributed by atoms with van der Waals surface area (Å²) in [5.41, 5.74) is -6.08. The Morgan fingerprint density at radius 1 is 0.750 bits per heavy atom. The van der Waals surface area contributed by atoms with Crippen LogP contribution in [0.1, 0.15) is 16.0 Å². The fraction of sp³-hybridized carbons (Fsp3) is 0.286. The van der Waals surface area contributed by atoms with E-state index in [9.17, 15) is 40.2 Å². The van der Waals surface area contributed by atoms with Crippen molar-refractivity contribution in [2.45, 2.75) is 23.9 Å². The van der Waals surface area contributed by atoms with Crippen LogP contribution in [0.4, 0.5) is 35.1 Å². The number of halogens is 8. The molecule has 2 rings (SSSR count).